The Morgan fingerprint density at radius 1 is 1.36 bits per heavy atom. The van der Waals surface area contributed by atoms with E-state index in [1.54, 1.807) is 6.33 Å². The number of nitrogens with zero attached hydrogens (tertiary/aromatic N) is 3. The molecule has 130 valence electrons. The molecule has 0 unspecified atom stereocenters. The second kappa shape index (κ2) is 6.63. The number of carbonyl (C=O) groups is 1. The van der Waals surface area contributed by atoms with Gasteiger partial charge >= 0.3 is 5.97 Å². The van der Waals surface area contributed by atoms with Gasteiger partial charge in [0.05, 0.1) is 12.5 Å². The van der Waals surface area contributed by atoms with Crippen molar-refractivity contribution in [2.45, 2.75) is 19.8 Å². The number of aromatic amines is 1. The lowest BCUT2D eigenvalue weighted by Gasteiger charge is -2.31. The van der Waals surface area contributed by atoms with Gasteiger partial charge in [0.15, 0.2) is 5.82 Å². The second-order valence-corrected chi connectivity index (χ2v) is 7.16. The summed E-state index contributed by atoms with van der Waals surface area (Å²) in [6, 6.07) is 6.12. The summed E-state index contributed by atoms with van der Waals surface area (Å²) in [6.45, 7) is 3.86. The maximum absolute atomic E-state index is 11.9. The fourth-order valence-corrected chi connectivity index (χ4v) is 3.84. The fourth-order valence-electron chi connectivity index (χ4n) is 3.48. The van der Waals surface area contributed by atoms with Crippen molar-refractivity contribution in [1.29, 1.82) is 0 Å². The summed E-state index contributed by atoms with van der Waals surface area (Å²) in [5.41, 5.74) is 2.92. The summed E-state index contributed by atoms with van der Waals surface area (Å²) in [4.78, 5) is 26.6. The summed E-state index contributed by atoms with van der Waals surface area (Å²) in [5.74, 6) is 0.817. The number of hydrogen-bond acceptors (Lipinski definition) is 5. The number of esters is 1. The molecule has 1 aliphatic rings. The molecule has 7 heteroatoms. The van der Waals surface area contributed by atoms with Crippen molar-refractivity contribution in [1.82, 2.24) is 15.0 Å². The zero-order valence-electron chi connectivity index (χ0n) is 14.0. The molecule has 0 spiro atoms. The van der Waals surface area contributed by atoms with Gasteiger partial charge in [0.1, 0.15) is 17.4 Å². The van der Waals surface area contributed by atoms with Crippen LogP contribution in [0.15, 0.2) is 29.0 Å². The third-order valence-corrected chi connectivity index (χ3v) is 5.23. The van der Waals surface area contributed by atoms with Gasteiger partial charge in [-0.1, -0.05) is 15.9 Å². The van der Waals surface area contributed by atoms with Crippen LogP contribution in [0.4, 0.5) is 5.82 Å². The van der Waals surface area contributed by atoms with Crippen LogP contribution in [0.1, 0.15) is 19.8 Å². The number of nitrogens with one attached hydrogen (secondary N) is 1. The molecule has 0 amide bonds. The first-order valence-electron chi connectivity index (χ1n) is 8.51. The molecule has 4 rings (SSSR count). The zero-order valence-corrected chi connectivity index (χ0v) is 15.5. The Labute approximate surface area is 153 Å². The van der Waals surface area contributed by atoms with Crippen molar-refractivity contribution in [3.05, 3.63) is 29.0 Å². The zero-order chi connectivity index (χ0) is 17.4. The molecule has 3 aromatic rings. The van der Waals surface area contributed by atoms with E-state index in [1.165, 1.54) is 0 Å². The van der Waals surface area contributed by atoms with Crippen molar-refractivity contribution in [3.63, 3.8) is 0 Å². The first-order chi connectivity index (χ1) is 12.2. The highest BCUT2D eigenvalue weighted by molar-refractivity contribution is 9.10. The second-order valence-electron chi connectivity index (χ2n) is 6.25. The number of carbonyl (C=O) groups excluding carboxylic acids is 1. The molecule has 3 heterocycles. The van der Waals surface area contributed by atoms with E-state index in [9.17, 15) is 4.79 Å². The molecule has 0 radical (unpaired) electrons. The van der Waals surface area contributed by atoms with Crippen LogP contribution in [0.5, 0.6) is 0 Å². The number of fused-ring (bicyclic) bond motifs is 3. The average Bonchev–Trinajstić information content (AvgIpc) is 3.00. The van der Waals surface area contributed by atoms with Gasteiger partial charge in [0, 0.05) is 28.5 Å². The average molecular weight is 403 g/mol. The number of ether oxygens (including phenoxy) is 1. The molecule has 2 aromatic heterocycles. The van der Waals surface area contributed by atoms with Crippen LogP contribution >= 0.6 is 15.9 Å². The van der Waals surface area contributed by atoms with E-state index < -0.39 is 0 Å². The summed E-state index contributed by atoms with van der Waals surface area (Å²) in [7, 11) is 0. The largest absolute Gasteiger partial charge is 0.466 e. The van der Waals surface area contributed by atoms with Gasteiger partial charge in [-0.05, 0) is 38.0 Å². The number of aromatic nitrogens is 3. The Morgan fingerprint density at radius 3 is 2.92 bits per heavy atom. The number of benzene rings is 1. The lowest BCUT2D eigenvalue weighted by Crippen LogP contribution is -2.37. The van der Waals surface area contributed by atoms with Crippen molar-refractivity contribution in [3.8, 4) is 0 Å². The number of hydrogen-bond donors (Lipinski definition) is 1. The van der Waals surface area contributed by atoms with Gasteiger partial charge in [-0.25, -0.2) is 9.97 Å². The number of piperidine rings is 1. The van der Waals surface area contributed by atoms with Crippen molar-refractivity contribution >= 4 is 49.7 Å². The Hall–Kier alpha value is -2.15. The SMILES string of the molecule is CCOC(=O)C1CCN(c2ncnc3c2[nH]c2ccc(Br)cc23)CC1. The van der Waals surface area contributed by atoms with Gasteiger partial charge in [0.25, 0.3) is 0 Å². The number of anilines is 1. The summed E-state index contributed by atoms with van der Waals surface area (Å²) in [5, 5.41) is 1.08. The minimum absolute atomic E-state index is 0.00722. The molecule has 0 bridgehead atoms. The fraction of sp³-hybridized carbons (Fsp3) is 0.389. The maximum atomic E-state index is 11.9. The first-order valence-corrected chi connectivity index (χ1v) is 9.30. The van der Waals surface area contributed by atoms with Gasteiger partial charge < -0.3 is 14.6 Å². The Bertz CT molecular complexity index is 931. The highest BCUT2D eigenvalue weighted by atomic mass is 79.9. The summed E-state index contributed by atoms with van der Waals surface area (Å²) < 4.78 is 6.17. The van der Waals surface area contributed by atoms with Gasteiger partial charge in [0.2, 0.25) is 0 Å². The van der Waals surface area contributed by atoms with Crippen LogP contribution in [-0.4, -0.2) is 40.6 Å². The lowest BCUT2D eigenvalue weighted by atomic mass is 9.97. The smallest absolute Gasteiger partial charge is 0.309 e. The third kappa shape index (κ3) is 2.97. The van der Waals surface area contributed by atoms with Crippen LogP contribution in [0.3, 0.4) is 0 Å². The van der Waals surface area contributed by atoms with Crippen molar-refractivity contribution in [2.24, 2.45) is 5.92 Å². The molecule has 25 heavy (non-hydrogen) atoms. The molecule has 1 N–H and O–H groups in total. The minimum atomic E-state index is -0.0783. The highest BCUT2D eigenvalue weighted by Crippen LogP contribution is 2.32. The minimum Gasteiger partial charge on any atom is -0.466 e. The molecule has 0 aliphatic carbocycles. The predicted molar refractivity (Wildman–Crippen MR) is 101 cm³/mol. The van der Waals surface area contributed by atoms with Crippen LogP contribution < -0.4 is 4.90 Å². The normalized spacial score (nSPS) is 15.8. The van der Waals surface area contributed by atoms with E-state index in [0.29, 0.717) is 6.61 Å². The maximum Gasteiger partial charge on any atom is 0.309 e. The van der Waals surface area contributed by atoms with E-state index in [2.05, 4.69) is 41.8 Å². The monoisotopic (exact) mass is 402 g/mol. The van der Waals surface area contributed by atoms with Crippen LogP contribution in [0.25, 0.3) is 21.9 Å². The Kier molecular flexibility index (Phi) is 4.33. The molecule has 0 atom stereocenters. The van der Waals surface area contributed by atoms with Gasteiger partial charge in [-0.3, -0.25) is 4.79 Å². The molecular formula is C18H19BrN4O2. The van der Waals surface area contributed by atoms with E-state index in [0.717, 1.165) is 58.2 Å². The predicted octanol–water partition coefficient (Wildman–Crippen LogP) is 3.65. The molecule has 1 saturated heterocycles. The summed E-state index contributed by atoms with van der Waals surface area (Å²) >= 11 is 3.52. The van der Waals surface area contributed by atoms with E-state index >= 15 is 0 Å². The first kappa shape index (κ1) is 16.3. The van der Waals surface area contributed by atoms with E-state index in [1.807, 2.05) is 19.1 Å². The van der Waals surface area contributed by atoms with Crippen molar-refractivity contribution < 1.29 is 9.53 Å². The molecule has 1 fully saturated rings. The molecule has 0 saturated carbocycles. The molecule has 1 aromatic carbocycles. The van der Waals surface area contributed by atoms with Gasteiger partial charge in [-0.15, -0.1) is 0 Å². The standard InChI is InChI=1S/C18H19BrN4O2/c1-2-25-18(24)11-5-7-23(8-6-11)17-16-15(20-10-21-17)13-9-12(19)3-4-14(13)22-16/h3-4,9-11,22H,2,5-8H2,1H3. The lowest BCUT2D eigenvalue weighted by molar-refractivity contribution is -0.148. The van der Waals surface area contributed by atoms with Crippen LogP contribution in [-0.2, 0) is 9.53 Å². The van der Waals surface area contributed by atoms with E-state index in [4.69, 9.17) is 4.74 Å². The molecular weight excluding hydrogens is 384 g/mol. The highest BCUT2D eigenvalue weighted by Gasteiger charge is 2.27. The van der Waals surface area contributed by atoms with Crippen LogP contribution in [0, 0.1) is 5.92 Å². The number of halogens is 1. The quantitative estimate of drug-likeness (QED) is 0.676. The third-order valence-electron chi connectivity index (χ3n) is 4.74. The van der Waals surface area contributed by atoms with Gasteiger partial charge in [-0.2, -0.15) is 0 Å². The Balaban J connectivity index is 1.64. The van der Waals surface area contributed by atoms with Crippen molar-refractivity contribution in [2.75, 3.05) is 24.6 Å². The van der Waals surface area contributed by atoms with E-state index in [-0.39, 0.29) is 11.9 Å². The molecule has 6 nitrogen and oxygen atoms in total. The topological polar surface area (TPSA) is 71.1 Å². The number of H-pyrrole nitrogens is 1. The molecule has 1 aliphatic heterocycles. The Morgan fingerprint density at radius 2 is 2.16 bits per heavy atom. The summed E-state index contributed by atoms with van der Waals surface area (Å²) in [6.07, 6.45) is 3.19. The van der Waals surface area contributed by atoms with Crippen LogP contribution in [0.2, 0.25) is 0 Å². The number of rotatable bonds is 3.